The lowest BCUT2D eigenvalue weighted by atomic mass is 9.45. The van der Waals surface area contributed by atoms with Crippen molar-refractivity contribution in [3.8, 4) is 0 Å². The molecule has 0 saturated carbocycles. The normalized spacial score (nSPS) is 20.3. The zero-order chi connectivity index (χ0) is 28.6. The van der Waals surface area contributed by atoms with Gasteiger partial charge < -0.3 is 10.2 Å². The third-order valence-electron chi connectivity index (χ3n) is 6.25. The molecule has 38 heavy (non-hydrogen) atoms. The molecule has 2 atom stereocenters. The fraction of sp³-hybridized carbons (Fsp3) is 0.167. The molecule has 0 fully saturated rings. The van der Waals surface area contributed by atoms with E-state index in [4.69, 9.17) is 41.4 Å². The van der Waals surface area contributed by atoms with Crippen LogP contribution in [0.2, 0.25) is 0 Å². The lowest BCUT2D eigenvalue weighted by Crippen LogP contribution is -2.34. The van der Waals surface area contributed by atoms with E-state index < -0.39 is 58.0 Å². The number of allylic oxidation sites excluding steroid dienone is 8. The second-order valence-corrected chi connectivity index (χ2v) is 8.63. The minimum atomic E-state index is -1.39. The Labute approximate surface area is 224 Å². The van der Waals surface area contributed by atoms with Crippen LogP contribution in [-0.4, -0.2) is 79.2 Å². The molecule has 4 rings (SSSR count). The van der Waals surface area contributed by atoms with Gasteiger partial charge in [0.25, 0.3) is 0 Å². The van der Waals surface area contributed by atoms with Gasteiger partial charge in [0.1, 0.15) is 37.8 Å². The van der Waals surface area contributed by atoms with Crippen molar-refractivity contribution in [2.75, 3.05) is 0 Å². The SMILES string of the molecule is [B][B]C1=C(F)C(C)=CC2=C([B])C=C(C(=O)O)C(=O)C12.[B][B]c1c(F)c(C)cc2c1C(=O)C(C(=O)O)=CC2[B]. The van der Waals surface area contributed by atoms with Gasteiger partial charge in [-0.2, -0.15) is 0 Å². The summed E-state index contributed by atoms with van der Waals surface area (Å²) in [4.78, 5) is 46.2. The number of benzene rings is 1. The van der Waals surface area contributed by atoms with Gasteiger partial charge in [0.05, 0.1) is 20.9 Å². The Hall–Kier alpha value is -3.55. The van der Waals surface area contributed by atoms with Crippen LogP contribution in [0.4, 0.5) is 8.78 Å². The quantitative estimate of drug-likeness (QED) is 0.460. The van der Waals surface area contributed by atoms with Gasteiger partial charge in [0, 0.05) is 21.0 Å². The summed E-state index contributed by atoms with van der Waals surface area (Å²) in [6.07, 6.45) is 3.69. The van der Waals surface area contributed by atoms with Crippen LogP contribution in [0.1, 0.15) is 34.2 Å². The fourth-order valence-corrected chi connectivity index (χ4v) is 4.40. The van der Waals surface area contributed by atoms with Crippen molar-refractivity contribution in [3.05, 3.63) is 85.9 Å². The maximum atomic E-state index is 14.0. The van der Waals surface area contributed by atoms with Crippen molar-refractivity contribution in [1.29, 1.82) is 0 Å². The van der Waals surface area contributed by atoms with E-state index in [1.54, 1.807) is 0 Å². The van der Waals surface area contributed by atoms with Crippen LogP contribution in [0.15, 0.2) is 63.4 Å². The monoisotopic (exact) mass is 502 g/mol. The van der Waals surface area contributed by atoms with Crippen LogP contribution in [-0.2, 0) is 14.4 Å². The Morgan fingerprint density at radius 3 is 2.13 bits per heavy atom. The Morgan fingerprint density at radius 1 is 1.00 bits per heavy atom. The maximum absolute atomic E-state index is 14.0. The van der Waals surface area contributed by atoms with Gasteiger partial charge in [-0.3, -0.25) is 9.59 Å². The molecule has 2 unspecified atom stereocenters. The molecular weight excluding hydrogens is 487 g/mol. The summed E-state index contributed by atoms with van der Waals surface area (Å²) in [7, 11) is 24.2. The van der Waals surface area contributed by atoms with Crippen molar-refractivity contribution in [1.82, 2.24) is 0 Å². The predicted molar refractivity (Wildman–Crippen MR) is 141 cm³/mol. The molecule has 6 nitrogen and oxygen atoms in total. The molecule has 0 saturated heterocycles. The van der Waals surface area contributed by atoms with E-state index in [2.05, 4.69) is 0 Å². The molecule has 0 aromatic heterocycles. The summed E-state index contributed by atoms with van der Waals surface area (Å²) in [6.45, 7) is 3.05. The number of carbonyl (C=O) groups excluding carboxylic acids is 2. The molecular formula is C24H14B6F2O6. The van der Waals surface area contributed by atoms with Crippen molar-refractivity contribution in [3.63, 3.8) is 0 Å². The number of ketones is 2. The second kappa shape index (κ2) is 11.1. The highest BCUT2D eigenvalue weighted by atomic mass is 19.1. The number of rotatable bonds is 4. The first-order chi connectivity index (χ1) is 17.8. The molecule has 2 N–H and O–H groups in total. The summed E-state index contributed by atoms with van der Waals surface area (Å²) in [6, 6.07) is 1.44. The zero-order valence-corrected chi connectivity index (χ0v) is 20.2. The summed E-state index contributed by atoms with van der Waals surface area (Å²) < 4.78 is 27.9. The van der Waals surface area contributed by atoms with Gasteiger partial charge in [-0.25, -0.2) is 18.4 Å². The Kier molecular flexibility index (Phi) is 8.44. The van der Waals surface area contributed by atoms with Crippen LogP contribution in [0, 0.1) is 18.7 Å². The Balaban J connectivity index is 0.000000211. The standard InChI is InChI=1S/2C12H7B3FO3/c2*1-4-2-5-7(13)3-6(12(18)19)11(17)8(5)9(15-14)10(4)16/h2-3,8H,1H3,(H,18,19);2-3,7H,1H3,(H,18,19). The highest BCUT2D eigenvalue weighted by Crippen LogP contribution is 2.39. The van der Waals surface area contributed by atoms with E-state index in [9.17, 15) is 28.0 Å². The summed E-state index contributed by atoms with van der Waals surface area (Å²) in [5, 5.41) is 17.9. The smallest absolute Gasteiger partial charge is 0.339 e. The fourth-order valence-electron chi connectivity index (χ4n) is 4.40. The van der Waals surface area contributed by atoms with Crippen LogP contribution in [0.5, 0.6) is 0 Å². The highest BCUT2D eigenvalue weighted by molar-refractivity contribution is 6.98. The first kappa shape index (κ1) is 29.0. The van der Waals surface area contributed by atoms with Gasteiger partial charge in [-0.1, -0.05) is 40.7 Å². The van der Waals surface area contributed by atoms with E-state index in [1.807, 2.05) is 0 Å². The lowest BCUT2D eigenvalue weighted by molar-refractivity contribution is -0.135. The van der Waals surface area contributed by atoms with E-state index in [0.29, 0.717) is 22.3 Å². The van der Waals surface area contributed by atoms with Crippen molar-refractivity contribution < 1.29 is 38.2 Å². The molecule has 10 radical (unpaired) electrons. The van der Waals surface area contributed by atoms with Crippen LogP contribution < -0.4 is 5.46 Å². The maximum Gasteiger partial charge on any atom is 0.339 e. The van der Waals surface area contributed by atoms with Crippen LogP contribution in [0.3, 0.4) is 0 Å². The molecule has 1 aromatic carbocycles. The molecule has 1 aromatic rings. The molecule has 3 aliphatic carbocycles. The number of aliphatic carboxylic acids is 2. The molecule has 3 aliphatic rings. The third kappa shape index (κ3) is 4.96. The average Bonchev–Trinajstić information content (AvgIpc) is 2.85. The number of carboxylic acid groups (broad SMARTS) is 2. The topological polar surface area (TPSA) is 109 Å². The van der Waals surface area contributed by atoms with Crippen molar-refractivity contribution >= 4 is 74.5 Å². The molecule has 0 bridgehead atoms. The van der Waals surface area contributed by atoms with E-state index >= 15 is 0 Å². The number of hydrogen-bond donors (Lipinski definition) is 2. The van der Waals surface area contributed by atoms with E-state index in [0.717, 1.165) is 26.5 Å². The first-order valence-corrected chi connectivity index (χ1v) is 11.0. The van der Waals surface area contributed by atoms with E-state index in [1.165, 1.54) is 26.0 Å². The number of aryl methyl sites for hydroxylation is 1. The first-order valence-electron chi connectivity index (χ1n) is 11.0. The molecule has 178 valence electrons. The summed E-state index contributed by atoms with van der Waals surface area (Å²) >= 11 is 0. The van der Waals surface area contributed by atoms with Crippen molar-refractivity contribution in [2.45, 2.75) is 19.7 Å². The number of carboxylic acids is 2. The summed E-state index contributed by atoms with van der Waals surface area (Å²) in [5.41, 5.74) is 0.328. The van der Waals surface area contributed by atoms with Gasteiger partial charge in [-0.15, -0.1) is 0 Å². The number of carbonyl (C=O) groups is 4. The van der Waals surface area contributed by atoms with E-state index in [-0.39, 0.29) is 22.0 Å². The molecule has 14 heteroatoms. The molecule has 0 amide bonds. The summed E-state index contributed by atoms with van der Waals surface area (Å²) in [5.74, 6) is -7.41. The Morgan fingerprint density at radius 2 is 1.61 bits per heavy atom. The molecule has 0 aliphatic heterocycles. The average molecular weight is 501 g/mol. The van der Waals surface area contributed by atoms with Gasteiger partial charge >= 0.3 is 11.9 Å². The number of fused-ring (bicyclic) bond motifs is 2. The minimum absolute atomic E-state index is 0.0465. The second-order valence-electron chi connectivity index (χ2n) is 8.63. The van der Waals surface area contributed by atoms with Gasteiger partial charge in [0.15, 0.2) is 11.6 Å². The molecule has 0 spiro atoms. The van der Waals surface area contributed by atoms with Gasteiger partial charge in [0.2, 0.25) is 0 Å². The number of halogens is 2. The molecule has 0 heterocycles. The largest absolute Gasteiger partial charge is 0.478 e. The Bertz CT molecular complexity index is 1460. The number of hydrogen-bond acceptors (Lipinski definition) is 4. The van der Waals surface area contributed by atoms with Crippen LogP contribution in [0.25, 0.3) is 0 Å². The zero-order valence-electron chi connectivity index (χ0n) is 20.2. The minimum Gasteiger partial charge on any atom is -0.478 e. The van der Waals surface area contributed by atoms with Gasteiger partial charge in [-0.05, 0) is 41.9 Å². The third-order valence-corrected chi connectivity index (χ3v) is 6.25. The highest BCUT2D eigenvalue weighted by Gasteiger charge is 2.38. The van der Waals surface area contributed by atoms with Crippen LogP contribution >= 0.6 is 0 Å². The lowest BCUT2D eigenvalue weighted by Gasteiger charge is -2.30. The predicted octanol–water partition coefficient (Wildman–Crippen LogP) is 0.512. The number of Topliss-reactive ketones (excluding diaryl/α,β-unsaturated/α-hetero) is 2. The van der Waals surface area contributed by atoms with Crippen molar-refractivity contribution in [2.24, 2.45) is 5.92 Å².